The van der Waals surface area contributed by atoms with Crippen molar-refractivity contribution in [3.63, 3.8) is 0 Å². The number of ether oxygens (including phenoxy) is 2. The number of aromatic nitrogens is 1. The molecule has 1 saturated carbocycles. The molecule has 1 aromatic heterocycles. The minimum atomic E-state index is -3.18. The standard InChI is InChI=1S/C28H28F3N5O5/c1-27(2,3)41-25(38)35-12-19-20(13-35)28(19,14-32)22-7-4-15(9-33-22)18-6-5-16(8-21(18)29)36-11-17(40-26(36)39)10-34-24(37)23(30)31/h4-9,17,19-20,23H,10-13H2,1-3H3,(H,34,37)/t17-,19-,20+,28+/m0/s1. The number of hydrogen-bond acceptors (Lipinski definition) is 7. The van der Waals surface area contributed by atoms with Crippen molar-refractivity contribution in [1.29, 1.82) is 5.26 Å². The third-order valence-electron chi connectivity index (χ3n) is 7.56. The first-order valence-electron chi connectivity index (χ1n) is 13.0. The highest BCUT2D eigenvalue weighted by molar-refractivity contribution is 5.90. The number of likely N-dealkylation sites (tertiary alicyclic amines) is 1. The Kier molecular flexibility index (Phi) is 7.05. The average Bonchev–Trinajstić information content (AvgIpc) is 3.19. The number of fused-ring (bicyclic) bond motifs is 1. The van der Waals surface area contributed by atoms with Crippen molar-refractivity contribution >= 4 is 23.8 Å². The van der Waals surface area contributed by atoms with Gasteiger partial charge in [-0.25, -0.2) is 14.0 Å². The number of benzene rings is 1. The molecule has 3 amide bonds. The molecule has 1 aliphatic carbocycles. The molecule has 0 spiro atoms. The Hall–Kier alpha value is -4.34. The molecular formula is C28H28F3N5O5. The largest absolute Gasteiger partial charge is 0.444 e. The lowest BCUT2D eigenvalue weighted by atomic mass is 9.95. The van der Waals surface area contributed by atoms with E-state index in [1.54, 1.807) is 37.8 Å². The Morgan fingerprint density at radius 3 is 2.49 bits per heavy atom. The van der Waals surface area contributed by atoms with Gasteiger partial charge in [0.05, 0.1) is 30.5 Å². The fourth-order valence-electron chi connectivity index (χ4n) is 5.54. The fraction of sp³-hybridized carbons (Fsp3) is 0.464. The Morgan fingerprint density at radius 1 is 1.22 bits per heavy atom. The maximum atomic E-state index is 15.1. The molecule has 216 valence electrons. The molecule has 10 nitrogen and oxygen atoms in total. The van der Waals surface area contributed by atoms with E-state index in [2.05, 4.69) is 11.1 Å². The lowest BCUT2D eigenvalue weighted by Gasteiger charge is -2.27. The van der Waals surface area contributed by atoms with Crippen LogP contribution in [0.4, 0.5) is 28.4 Å². The van der Waals surface area contributed by atoms with Gasteiger partial charge < -0.3 is 19.7 Å². The number of nitrogens with zero attached hydrogens (tertiary/aromatic N) is 4. The molecule has 3 fully saturated rings. The van der Waals surface area contributed by atoms with Gasteiger partial charge in [0.15, 0.2) is 0 Å². The number of carbonyl (C=O) groups is 3. The zero-order chi connectivity index (χ0) is 29.7. The second kappa shape index (κ2) is 10.2. The van der Waals surface area contributed by atoms with Crippen LogP contribution in [0.2, 0.25) is 0 Å². The third-order valence-corrected chi connectivity index (χ3v) is 7.56. The maximum Gasteiger partial charge on any atom is 0.414 e. The summed E-state index contributed by atoms with van der Waals surface area (Å²) in [6.45, 7) is 5.82. The van der Waals surface area contributed by atoms with Gasteiger partial charge in [0, 0.05) is 42.2 Å². The molecule has 41 heavy (non-hydrogen) atoms. The highest BCUT2D eigenvalue weighted by atomic mass is 19.3. The van der Waals surface area contributed by atoms with Gasteiger partial charge in [0.2, 0.25) is 0 Å². The molecular weight excluding hydrogens is 543 g/mol. The maximum absolute atomic E-state index is 15.1. The molecule has 3 aliphatic rings. The summed E-state index contributed by atoms with van der Waals surface area (Å²) in [5, 5.41) is 12.0. The average molecular weight is 572 g/mol. The van der Waals surface area contributed by atoms with Crippen molar-refractivity contribution < 1.29 is 37.0 Å². The van der Waals surface area contributed by atoms with Gasteiger partial charge in [0.1, 0.15) is 22.9 Å². The van der Waals surface area contributed by atoms with Crippen LogP contribution in [0.3, 0.4) is 0 Å². The second-order valence-corrected chi connectivity index (χ2v) is 11.3. The summed E-state index contributed by atoms with van der Waals surface area (Å²) in [4.78, 5) is 43.0. The van der Waals surface area contributed by atoms with Crippen molar-refractivity contribution in [1.82, 2.24) is 15.2 Å². The molecule has 2 saturated heterocycles. The number of amides is 3. The van der Waals surface area contributed by atoms with Gasteiger partial charge in [-0.3, -0.25) is 14.7 Å². The quantitative estimate of drug-likeness (QED) is 0.559. The van der Waals surface area contributed by atoms with Gasteiger partial charge >= 0.3 is 18.6 Å². The van der Waals surface area contributed by atoms with E-state index in [9.17, 15) is 28.4 Å². The number of halogens is 3. The SMILES string of the molecule is CC(C)(C)OC(=O)N1C[C@@H]2[C@H](C1)[C@@]2(C#N)c1ccc(-c2ccc(N3C[C@H](CNC(=O)C(F)F)OC3=O)cc2F)cn1. The van der Waals surface area contributed by atoms with Crippen LogP contribution in [0.5, 0.6) is 0 Å². The smallest absolute Gasteiger partial charge is 0.414 e. The summed E-state index contributed by atoms with van der Waals surface area (Å²) in [5.41, 5.74) is 0.0131. The predicted octanol–water partition coefficient (Wildman–Crippen LogP) is 3.85. The van der Waals surface area contributed by atoms with Gasteiger partial charge in [-0.05, 0) is 45.0 Å². The molecule has 13 heteroatoms. The monoisotopic (exact) mass is 571 g/mol. The number of pyridine rings is 1. The van der Waals surface area contributed by atoms with E-state index >= 15 is 4.39 Å². The molecule has 2 aromatic rings. The van der Waals surface area contributed by atoms with Crippen molar-refractivity contribution in [2.75, 3.05) is 31.1 Å². The fourth-order valence-corrected chi connectivity index (χ4v) is 5.54. The number of anilines is 1. The molecule has 0 radical (unpaired) electrons. The van der Waals surface area contributed by atoms with Crippen molar-refractivity contribution in [2.45, 2.75) is 44.3 Å². The van der Waals surface area contributed by atoms with Crippen LogP contribution in [0, 0.1) is 29.0 Å². The number of cyclic esters (lactones) is 1. The van der Waals surface area contributed by atoms with Crippen LogP contribution in [0.15, 0.2) is 36.5 Å². The summed E-state index contributed by atoms with van der Waals surface area (Å²) < 4.78 is 50.4. The van der Waals surface area contributed by atoms with E-state index in [0.717, 1.165) is 11.0 Å². The van der Waals surface area contributed by atoms with Gasteiger partial charge in [-0.15, -0.1) is 0 Å². The van der Waals surface area contributed by atoms with E-state index in [1.807, 2.05) is 5.32 Å². The van der Waals surface area contributed by atoms with E-state index in [-0.39, 0.29) is 36.2 Å². The van der Waals surface area contributed by atoms with Crippen LogP contribution in [0.1, 0.15) is 26.5 Å². The van der Waals surface area contributed by atoms with E-state index in [4.69, 9.17) is 9.47 Å². The van der Waals surface area contributed by atoms with E-state index < -0.39 is 47.5 Å². The lowest BCUT2D eigenvalue weighted by Crippen LogP contribution is -2.39. The lowest BCUT2D eigenvalue weighted by molar-refractivity contribution is -0.132. The van der Waals surface area contributed by atoms with Crippen LogP contribution < -0.4 is 10.2 Å². The van der Waals surface area contributed by atoms with Crippen molar-refractivity contribution in [3.8, 4) is 17.2 Å². The van der Waals surface area contributed by atoms with Crippen LogP contribution in [-0.2, 0) is 19.7 Å². The summed E-state index contributed by atoms with van der Waals surface area (Å²) >= 11 is 0. The zero-order valence-electron chi connectivity index (χ0n) is 22.6. The number of nitriles is 1. The summed E-state index contributed by atoms with van der Waals surface area (Å²) in [6, 6.07) is 9.90. The van der Waals surface area contributed by atoms with E-state index in [1.165, 1.54) is 18.3 Å². The third kappa shape index (κ3) is 5.26. The highest BCUT2D eigenvalue weighted by Crippen LogP contribution is 2.62. The molecule has 1 N–H and O–H groups in total. The minimum Gasteiger partial charge on any atom is -0.444 e. The van der Waals surface area contributed by atoms with Gasteiger partial charge in [0.25, 0.3) is 5.91 Å². The molecule has 2 aliphatic heterocycles. The molecule has 1 aromatic carbocycles. The molecule has 3 heterocycles. The van der Waals surface area contributed by atoms with Crippen molar-refractivity contribution in [2.24, 2.45) is 11.8 Å². The number of carbonyl (C=O) groups excluding carboxylic acids is 3. The molecule has 0 unspecified atom stereocenters. The predicted molar refractivity (Wildman–Crippen MR) is 138 cm³/mol. The molecule has 4 atom stereocenters. The summed E-state index contributed by atoms with van der Waals surface area (Å²) in [5.74, 6) is -2.24. The Balaban J connectivity index is 1.24. The normalized spacial score (nSPS) is 25.0. The second-order valence-electron chi connectivity index (χ2n) is 11.3. The Bertz CT molecular complexity index is 1410. The number of piperidine rings is 1. The zero-order valence-corrected chi connectivity index (χ0v) is 22.6. The Morgan fingerprint density at radius 2 is 1.93 bits per heavy atom. The first-order valence-corrected chi connectivity index (χ1v) is 13.0. The number of alkyl halides is 2. The highest BCUT2D eigenvalue weighted by Gasteiger charge is 2.71. The Labute approximate surface area is 234 Å². The topological polar surface area (TPSA) is 125 Å². The number of hydrogen-bond donors (Lipinski definition) is 1. The van der Waals surface area contributed by atoms with Gasteiger partial charge in [-0.1, -0.05) is 6.07 Å². The molecule has 0 bridgehead atoms. The number of rotatable bonds is 6. The molecule has 5 rings (SSSR count). The summed E-state index contributed by atoms with van der Waals surface area (Å²) in [6.07, 6.45) is -3.76. The van der Waals surface area contributed by atoms with E-state index in [0.29, 0.717) is 24.3 Å². The first-order chi connectivity index (χ1) is 19.3. The minimum absolute atomic E-state index is 0.0542. The van der Waals surface area contributed by atoms with Crippen LogP contribution in [-0.4, -0.2) is 72.3 Å². The summed E-state index contributed by atoms with van der Waals surface area (Å²) in [7, 11) is 0. The van der Waals surface area contributed by atoms with Crippen LogP contribution in [0.25, 0.3) is 11.1 Å². The first kappa shape index (κ1) is 28.2. The number of nitrogens with one attached hydrogen (secondary N) is 1. The van der Waals surface area contributed by atoms with Crippen LogP contribution >= 0.6 is 0 Å². The van der Waals surface area contributed by atoms with Crippen molar-refractivity contribution in [3.05, 3.63) is 48.0 Å². The van der Waals surface area contributed by atoms with Gasteiger partial charge in [-0.2, -0.15) is 14.0 Å².